The molecule has 0 atom stereocenters. The quantitative estimate of drug-likeness (QED) is 0.215. The van der Waals surface area contributed by atoms with E-state index in [1.54, 1.807) is 7.05 Å². The number of guanidine groups is 1. The number of aromatic nitrogens is 2. The van der Waals surface area contributed by atoms with Crippen molar-refractivity contribution in [3.05, 3.63) is 54.1 Å². The summed E-state index contributed by atoms with van der Waals surface area (Å²) in [4.78, 5) is 8.77. The van der Waals surface area contributed by atoms with Gasteiger partial charge >= 0.3 is 0 Å². The lowest BCUT2D eigenvalue weighted by molar-refractivity contribution is 0.0203. The predicted molar refractivity (Wildman–Crippen MR) is 130 cm³/mol. The van der Waals surface area contributed by atoms with Crippen molar-refractivity contribution >= 4 is 29.9 Å². The van der Waals surface area contributed by atoms with Gasteiger partial charge in [0.05, 0.1) is 6.54 Å². The standard InChI is InChI=1S/C22H33N5O2.HI/c1-23-22(25-10-5-13-29-18-20-8-14-28-15-9-20)26-16-21-24-11-12-27(21)17-19-6-3-2-4-7-19;/h2-4,6-7,11-12,20H,5,8-10,13-18H2,1H3,(H2,23,25,26);1H. The van der Waals surface area contributed by atoms with Crippen molar-refractivity contribution in [2.75, 3.05) is 40.0 Å². The minimum absolute atomic E-state index is 0. The van der Waals surface area contributed by atoms with Gasteiger partial charge in [0.1, 0.15) is 5.82 Å². The molecule has 1 aliphatic heterocycles. The molecule has 0 saturated carbocycles. The molecule has 0 bridgehead atoms. The Bertz CT molecular complexity index is 732. The largest absolute Gasteiger partial charge is 0.381 e. The van der Waals surface area contributed by atoms with Crippen LogP contribution in [-0.2, 0) is 22.6 Å². The maximum Gasteiger partial charge on any atom is 0.191 e. The average molecular weight is 527 g/mol. The van der Waals surface area contributed by atoms with E-state index < -0.39 is 0 Å². The second kappa shape index (κ2) is 14.4. The molecule has 0 unspecified atom stereocenters. The van der Waals surface area contributed by atoms with E-state index in [2.05, 4.69) is 49.4 Å². The van der Waals surface area contributed by atoms with Crippen molar-refractivity contribution in [2.45, 2.75) is 32.4 Å². The number of halogens is 1. The van der Waals surface area contributed by atoms with Crippen molar-refractivity contribution in [2.24, 2.45) is 10.9 Å². The average Bonchev–Trinajstić information content (AvgIpc) is 3.21. The highest BCUT2D eigenvalue weighted by molar-refractivity contribution is 14.0. The lowest BCUT2D eigenvalue weighted by atomic mass is 10.0. The molecular weight excluding hydrogens is 493 g/mol. The Morgan fingerprint density at radius 1 is 1.23 bits per heavy atom. The highest BCUT2D eigenvalue weighted by atomic mass is 127. The summed E-state index contributed by atoms with van der Waals surface area (Å²) in [5, 5.41) is 6.68. The van der Waals surface area contributed by atoms with E-state index in [0.717, 1.165) is 70.6 Å². The summed E-state index contributed by atoms with van der Waals surface area (Å²) >= 11 is 0. The van der Waals surface area contributed by atoms with Gasteiger partial charge in [-0.05, 0) is 30.7 Å². The van der Waals surface area contributed by atoms with E-state index in [4.69, 9.17) is 9.47 Å². The SMILES string of the molecule is CN=C(NCCCOCC1CCOCC1)NCc1nccn1Cc1ccccc1.I. The molecule has 0 amide bonds. The van der Waals surface area contributed by atoms with Crippen LogP contribution in [0.4, 0.5) is 0 Å². The lowest BCUT2D eigenvalue weighted by Crippen LogP contribution is -2.38. The first kappa shape index (κ1) is 24.6. The molecule has 1 aromatic carbocycles. The summed E-state index contributed by atoms with van der Waals surface area (Å²) in [6.45, 7) is 5.63. The zero-order valence-corrected chi connectivity index (χ0v) is 20.1. The molecule has 0 aliphatic carbocycles. The zero-order chi connectivity index (χ0) is 20.2. The number of nitrogens with zero attached hydrogens (tertiary/aromatic N) is 3. The van der Waals surface area contributed by atoms with Crippen LogP contribution in [0.1, 0.15) is 30.7 Å². The molecule has 3 rings (SSSR count). The van der Waals surface area contributed by atoms with Crippen molar-refractivity contribution in [1.82, 2.24) is 20.2 Å². The van der Waals surface area contributed by atoms with Gasteiger partial charge in [-0.25, -0.2) is 4.98 Å². The van der Waals surface area contributed by atoms with E-state index in [0.29, 0.717) is 12.5 Å². The van der Waals surface area contributed by atoms with E-state index in [1.165, 1.54) is 5.56 Å². The Morgan fingerprint density at radius 2 is 2.03 bits per heavy atom. The van der Waals surface area contributed by atoms with Gasteiger partial charge in [-0.3, -0.25) is 4.99 Å². The fraction of sp³-hybridized carbons (Fsp3) is 0.545. The fourth-order valence-electron chi connectivity index (χ4n) is 3.36. The van der Waals surface area contributed by atoms with Crippen molar-refractivity contribution < 1.29 is 9.47 Å². The van der Waals surface area contributed by atoms with Crippen LogP contribution in [0.25, 0.3) is 0 Å². The molecule has 0 spiro atoms. The maximum absolute atomic E-state index is 5.81. The smallest absolute Gasteiger partial charge is 0.191 e. The molecule has 30 heavy (non-hydrogen) atoms. The minimum Gasteiger partial charge on any atom is -0.381 e. The topological polar surface area (TPSA) is 72.7 Å². The number of hydrogen-bond donors (Lipinski definition) is 2. The third-order valence-corrected chi connectivity index (χ3v) is 5.09. The highest BCUT2D eigenvalue weighted by Crippen LogP contribution is 2.14. The van der Waals surface area contributed by atoms with Gasteiger partial charge in [0.25, 0.3) is 0 Å². The molecular formula is C22H34IN5O2. The number of aliphatic imine (C=N–C) groups is 1. The van der Waals surface area contributed by atoms with Crippen molar-refractivity contribution in [3.63, 3.8) is 0 Å². The van der Waals surface area contributed by atoms with E-state index >= 15 is 0 Å². The zero-order valence-electron chi connectivity index (χ0n) is 17.8. The summed E-state index contributed by atoms with van der Waals surface area (Å²) < 4.78 is 13.3. The molecule has 0 radical (unpaired) electrons. The predicted octanol–water partition coefficient (Wildman–Crippen LogP) is 3.05. The molecule has 1 fully saturated rings. The van der Waals surface area contributed by atoms with E-state index in [-0.39, 0.29) is 24.0 Å². The number of nitrogens with one attached hydrogen (secondary N) is 2. The van der Waals surface area contributed by atoms with Crippen LogP contribution in [0.3, 0.4) is 0 Å². The summed E-state index contributed by atoms with van der Waals surface area (Å²) in [6, 6.07) is 10.4. The Morgan fingerprint density at radius 3 is 2.80 bits per heavy atom. The first-order chi connectivity index (χ1) is 14.3. The number of hydrogen-bond acceptors (Lipinski definition) is 4. The van der Waals surface area contributed by atoms with Gasteiger partial charge in [-0.2, -0.15) is 0 Å². The summed E-state index contributed by atoms with van der Waals surface area (Å²) in [5.74, 6) is 2.42. The Kier molecular flexibility index (Phi) is 11.8. The Labute approximate surface area is 196 Å². The molecule has 2 heterocycles. The second-order valence-electron chi connectivity index (χ2n) is 7.29. The van der Waals surface area contributed by atoms with Gasteiger partial charge in [-0.15, -0.1) is 24.0 Å². The summed E-state index contributed by atoms with van der Waals surface area (Å²) in [7, 11) is 1.79. The number of imidazole rings is 1. The van der Waals surface area contributed by atoms with Crippen LogP contribution in [0.5, 0.6) is 0 Å². The van der Waals surface area contributed by atoms with Gasteiger partial charge < -0.3 is 24.7 Å². The van der Waals surface area contributed by atoms with Crippen molar-refractivity contribution in [3.8, 4) is 0 Å². The fourth-order valence-corrected chi connectivity index (χ4v) is 3.36. The third kappa shape index (κ3) is 8.61. The summed E-state index contributed by atoms with van der Waals surface area (Å²) in [5.41, 5.74) is 1.26. The van der Waals surface area contributed by atoms with Crippen LogP contribution >= 0.6 is 24.0 Å². The lowest BCUT2D eigenvalue weighted by Gasteiger charge is -2.21. The van der Waals surface area contributed by atoms with E-state index in [1.807, 2.05) is 18.5 Å². The van der Waals surface area contributed by atoms with Crippen LogP contribution in [-0.4, -0.2) is 55.5 Å². The third-order valence-electron chi connectivity index (χ3n) is 5.09. The van der Waals surface area contributed by atoms with Crippen LogP contribution in [0.15, 0.2) is 47.7 Å². The number of ether oxygens (including phenoxy) is 2. The number of benzene rings is 1. The van der Waals surface area contributed by atoms with Crippen LogP contribution in [0, 0.1) is 5.92 Å². The highest BCUT2D eigenvalue weighted by Gasteiger charge is 2.13. The van der Waals surface area contributed by atoms with Gasteiger partial charge in [0, 0.05) is 59.0 Å². The molecule has 1 aromatic heterocycles. The molecule has 1 saturated heterocycles. The van der Waals surface area contributed by atoms with Gasteiger partial charge in [-0.1, -0.05) is 30.3 Å². The normalized spacial score (nSPS) is 14.9. The molecule has 2 N–H and O–H groups in total. The molecule has 2 aromatic rings. The molecule has 7 nitrogen and oxygen atoms in total. The molecule has 166 valence electrons. The number of rotatable bonds is 10. The Hall–Kier alpha value is -1.65. The van der Waals surface area contributed by atoms with Crippen molar-refractivity contribution in [1.29, 1.82) is 0 Å². The summed E-state index contributed by atoms with van der Waals surface area (Å²) in [6.07, 6.45) is 7.04. The first-order valence-electron chi connectivity index (χ1n) is 10.5. The second-order valence-corrected chi connectivity index (χ2v) is 7.29. The van der Waals surface area contributed by atoms with Gasteiger partial charge in [0.2, 0.25) is 0 Å². The molecule has 8 heteroatoms. The van der Waals surface area contributed by atoms with Crippen LogP contribution in [0.2, 0.25) is 0 Å². The van der Waals surface area contributed by atoms with Crippen LogP contribution < -0.4 is 10.6 Å². The first-order valence-corrected chi connectivity index (χ1v) is 10.5. The van der Waals surface area contributed by atoms with E-state index in [9.17, 15) is 0 Å². The van der Waals surface area contributed by atoms with Gasteiger partial charge in [0.15, 0.2) is 5.96 Å². The Balaban J connectivity index is 0.00000320. The molecule has 1 aliphatic rings. The minimum atomic E-state index is 0. The maximum atomic E-state index is 5.81. The monoisotopic (exact) mass is 527 g/mol.